The van der Waals surface area contributed by atoms with E-state index in [1.165, 1.54) is 6.07 Å². The van der Waals surface area contributed by atoms with Gasteiger partial charge in [0.25, 0.3) is 5.91 Å². The molecule has 2 fully saturated rings. The van der Waals surface area contributed by atoms with Gasteiger partial charge in [-0.25, -0.2) is 4.79 Å². The number of ether oxygens (including phenoxy) is 1. The number of carbonyl (C=O) groups is 2. The number of likely N-dealkylation sites (tertiary alicyclic amines) is 1. The third-order valence-electron chi connectivity index (χ3n) is 7.03. The van der Waals surface area contributed by atoms with Crippen molar-refractivity contribution in [2.45, 2.75) is 45.4 Å². The molecule has 0 N–H and O–H groups in total. The highest BCUT2D eigenvalue weighted by Gasteiger charge is 2.51. The lowest BCUT2D eigenvalue weighted by Crippen LogP contribution is -2.53. The average Bonchev–Trinajstić information content (AvgIpc) is 3.03. The maximum Gasteiger partial charge on any atom is 0.416 e. The SMILES string of the molecule is CC1=C(C(=O)N2CCN(c3cccc(C(F)(F)F)c3)CC2)C2(CCN(CC(C)C)CC2)OC1=O. The van der Waals surface area contributed by atoms with Crippen molar-refractivity contribution < 1.29 is 27.5 Å². The van der Waals surface area contributed by atoms with E-state index in [4.69, 9.17) is 4.74 Å². The molecule has 3 aliphatic rings. The molecule has 186 valence electrons. The Labute approximate surface area is 198 Å². The minimum absolute atomic E-state index is 0.190. The number of anilines is 1. The molecular formula is C25H32F3N3O3. The number of alkyl halides is 3. The highest BCUT2D eigenvalue weighted by Crippen LogP contribution is 2.42. The van der Waals surface area contributed by atoms with Gasteiger partial charge in [-0.3, -0.25) is 4.79 Å². The fraction of sp³-hybridized carbons (Fsp3) is 0.600. The van der Waals surface area contributed by atoms with Gasteiger partial charge in [0.15, 0.2) is 0 Å². The van der Waals surface area contributed by atoms with Crippen molar-refractivity contribution in [2.24, 2.45) is 5.92 Å². The first kappa shape index (κ1) is 24.6. The van der Waals surface area contributed by atoms with E-state index in [-0.39, 0.29) is 5.91 Å². The van der Waals surface area contributed by atoms with Gasteiger partial charge in [-0.2, -0.15) is 13.2 Å². The lowest BCUT2D eigenvalue weighted by molar-refractivity contribution is -0.151. The molecule has 1 aromatic carbocycles. The lowest BCUT2D eigenvalue weighted by atomic mass is 9.82. The van der Waals surface area contributed by atoms with Crippen molar-refractivity contribution in [3.05, 3.63) is 41.0 Å². The third-order valence-corrected chi connectivity index (χ3v) is 7.03. The second-order valence-corrected chi connectivity index (χ2v) is 9.91. The third kappa shape index (κ3) is 4.80. The molecule has 6 nitrogen and oxygen atoms in total. The molecule has 1 amide bonds. The Morgan fingerprint density at radius 1 is 1.09 bits per heavy atom. The van der Waals surface area contributed by atoms with Crippen LogP contribution in [0.2, 0.25) is 0 Å². The van der Waals surface area contributed by atoms with Gasteiger partial charge < -0.3 is 19.4 Å². The second kappa shape index (κ2) is 9.24. The van der Waals surface area contributed by atoms with Crippen LogP contribution in [0.5, 0.6) is 0 Å². The maximum atomic E-state index is 13.6. The van der Waals surface area contributed by atoms with Gasteiger partial charge in [-0.1, -0.05) is 19.9 Å². The number of amides is 1. The summed E-state index contributed by atoms with van der Waals surface area (Å²) < 4.78 is 45.1. The molecular weight excluding hydrogens is 447 g/mol. The topological polar surface area (TPSA) is 53.1 Å². The number of hydrogen-bond acceptors (Lipinski definition) is 5. The second-order valence-electron chi connectivity index (χ2n) is 9.91. The van der Waals surface area contributed by atoms with E-state index in [1.54, 1.807) is 17.9 Å². The molecule has 1 aromatic rings. The molecule has 3 aliphatic heterocycles. The van der Waals surface area contributed by atoms with Crippen LogP contribution in [0, 0.1) is 5.92 Å². The summed E-state index contributed by atoms with van der Waals surface area (Å²) in [4.78, 5) is 32.0. The van der Waals surface area contributed by atoms with E-state index in [0.29, 0.717) is 61.8 Å². The fourth-order valence-corrected chi connectivity index (χ4v) is 5.27. The molecule has 0 saturated carbocycles. The van der Waals surface area contributed by atoms with Crippen molar-refractivity contribution in [3.63, 3.8) is 0 Å². The minimum Gasteiger partial charge on any atom is -0.450 e. The monoisotopic (exact) mass is 479 g/mol. The fourth-order valence-electron chi connectivity index (χ4n) is 5.27. The van der Waals surface area contributed by atoms with Crippen LogP contribution in [0.1, 0.15) is 39.2 Å². The summed E-state index contributed by atoms with van der Waals surface area (Å²) in [5, 5.41) is 0. The molecule has 0 aliphatic carbocycles. The van der Waals surface area contributed by atoms with E-state index in [1.807, 2.05) is 4.90 Å². The number of nitrogens with zero attached hydrogens (tertiary/aromatic N) is 3. The summed E-state index contributed by atoms with van der Waals surface area (Å²) >= 11 is 0. The van der Waals surface area contributed by atoms with Gasteiger partial charge in [-0.05, 0) is 31.0 Å². The zero-order chi connectivity index (χ0) is 24.7. The zero-order valence-corrected chi connectivity index (χ0v) is 20.0. The van der Waals surface area contributed by atoms with Crippen molar-refractivity contribution in [3.8, 4) is 0 Å². The molecule has 0 aromatic heterocycles. The van der Waals surface area contributed by atoms with Crippen LogP contribution in [0.25, 0.3) is 0 Å². The quantitative estimate of drug-likeness (QED) is 0.617. The van der Waals surface area contributed by atoms with Crippen molar-refractivity contribution in [1.82, 2.24) is 9.80 Å². The standard InChI is InChI=1S/C25H32F3N3O3/c1-17(2)16-29-9-7-24(8-10-29)21(18(3)23(33)34-24)22(32)31-13-11-30(12-14-31)20-6-4-5-19(15-20)25(26,27)28/h4-6,15,17H,7-14,16H2,1-3H3. The predicted molar refractivity (Wildman–Crippen MR) is 122 cm³/mol. The van der Waals surface area contributed by atoms with Crippen LogP contribution in [0.15, 0.2) is 35.4 Å². The number of piperidine rings is 1. The van der Waals surface area contributed by atoms with Crippen LogP contribution in [0.4, 0.5) is 18.9 Å². The number of rotatable bonds is 4. The lowest BCUT2D eigenvalue weighted by Gasteiger charge is -2.42. The number of esters is 1. The molecule has 0 bridgehead atoms. The molecule has 34 heavy (non-hydrogen) atoms. The van der Waals surface area contributed by atoms with Gasteiger partial charge in [0.1, 0.15) is 5.60 Å². The molecule has 1 spiro atoms. The molecule has 2 saturated heterocycles. The Morgan fingerprint density at radius 3 is 2.32 bits per heavy atom. The number of carbonyl (C=O) groups excluding carboxylic acids is 2. The number of benzene rings is 1. The zero-order valence-electron chi connectivity index (χ0n) is 20.0. The first-order valence-electron chi connectivity index (χ1n) is 11.9. The van der Waals surface area contributed by atoms with Crippen molar-refractivity contribution in [2.75, 3.05) is 50.7 Å². The normalized spacial score (nSPS) is 21.6. The highest BCUT2D eigenvalue weighted by molar-refractivity contribution is 6.07. The largest absolute Gasteiger partial charge is 0.450 e. The summed E-state index contributed by atoms with van der Waals surface area (Å²) in [5.74, 6) is -0.0840. The Bertz CT molecular complexity index is 973. The number of hydrogen-bond donors (Lipinski definition) is 0. The van der Waals surface area contributed by atoms with Gasteiger partial charge in [0.2, 0.25) is 0 Å². The molecule has 0 atom stereocenters. The molecule has 3 heterocycles. The summed E-state index contributed by atoms with van der Waals surface area (Å²) in [7, 11) is 0. The Kier molecular flexibility index (Phi) is 6.68. The number of halogens is 3. The molecule has 9 heteroatoms. The van der Waals surface area contributed by atoms with Crippen LogP contribution in [0.3, 0.4) is 0 Å². The van der Waals surface area contributed by atoms with E-state index in [9.17, 15) is 22.8 Å². The first-order chi connectivity index (χ1) is 16.0. The predicted octanol–water partition coefficient (Wildman–Crippen LogP) is 3.72. The first-order valence-corrected chi connectivity index (χ1v) is 11.9. The van der Waals surface area contributed by atoms with E-state index in [0.717, 1.165) is 31.8 Å². The van der Waals surface area contributed by atoms with Crippen LogP contribution >= 0.6 is 0 Å². The van der Waals surface area contributed by atoms with Gasteiger partial charge >= 0.3 is 12.1 Å². The van der Waals surface area contributed by atoms with Gasteiger partial charge in [0.05, 0.1) is 11.1 Å². The summed E-state index contributed by atoms with van der Waals surface area (Å²) in [6.07, 6.45) is -3.21. The van der Waals surface area contributed by atoms with Crippen molar-refractivity contribution >= 4 is 17.6 Å². The molecule has 0 radical (unpaired) electrons. The van der Waals surface area contributed by atoms with Gasteiger partial charge in [0, 0.05) is 69.9 Å². The maximum absolute atomic E-state index is 13.6. The molecule has 4 rings (SSSR count). The van der Waals surface area contributed by atoms with E-state index >= 15 is 0 Å². The Morgan fingerprint density at radius 2 is 1.74 bits per heavy atom. The number of piperazine rings is 1. The average molecular weight is 480 g/mol. The van der Waals surface area contributed by atoms with Crippen LogP contribution in [-0.2, 0) is 20.5 Å². The minimum atomic E-state index is -4.40. The Hall–Kier alpha value is -2.55. The summed E-state index contributed by atoms with van der Waals surface area (Å²) in [5.41, 5.74) is -0.219. The summed E-state index contributed by atoms with van der Waals surface area (Å²) in [6.45, 7) is 10.1. The Balaban J connectivity index is 1.44. The smallest absolute Gasteiger partial charge is 0.416 e. The van der Waals surface area contributed by atoms with Crippen LogP contribution < -0.4 is 4.90 Å². The summed E-state index contributed by atoms with van der Waals surface area (Å²) in [6, 6.07) is 5.26. The van der Waals surface area contributed by atoms with E-state index < -0.39 is 23.3 Å². The molecule has 0 unspecified atom stereocenters. The van der Waals surface area contributed by atoms with E-state index in [2.05, 4.69) is 18.7 Å². The highest BCUT2D eigenvalue weighted by atomic mass is 19.4. The van der Waals surface area contributed by atoms with Crippen molar-refractivity contribution in [1.29, 1.82) is 0 Å². The van der Waals surface area contributed by atoms with Crippen LogP contribution in [-0.4, -0.2) is 73.1 Å². The van der Waals surface area contributed by atoms with Gasteiger partial charge in [-0.15, -0.1) is 0 Å².